The van der Waals surface area contributed by atoms with Gasteiger partial charge >= 0.3 is 0 Å². The summed E-state index contributed by atoms with van der Waals surface area (Å²) >= 11 is 0. The Kier molecular flexibility index (Phi) is 11.2. The van der Waals surface area contributed by atoms with Gasteiger partial charge in [0.25, 0.3) is 0 Å². The Balaban J connectivity index is 2.36. The smallest absolute Gasteiger partial charge is 0.224 e. The first-order chi connectivity index (χ1) is 13.3. The fourth-order valence-electron chi connectivity index (χ4n) is 3.01. The summed E-state index contributed by atoms with van der Waals surface area (Å²) in [6.45, 7) is 14.2. The van der Waals surface area contributed by atoms with Gasteiger partial charge in [-0.25, -0.2) is 4.39 Å². The van der Waals surface area contributed by atoms with E-state index >= 15 is 0 Å². The summed E-state index contributed by atoms with van der Waals surface area (Å²) in [7, 11) is 0. The molecule has 28 heavy (non-hydrogen) atoms. The maximum Gasteiger partial charge on any atom is 0.224 e. The summed E-state index contributed by atoms with van der Waals surface area (Å²) < 4.78 is 13.2. The number of benzene rings is 1. The largest absolute Gasteiger partial charge is 0.357 e. The average Bonchev–Trinajstić information content (AvgIpc) is 2.61. The van der Waals surface area contributed by atoms with Crippen LogP contribution in [0.5, 0.6) is 0 Å². The van der Waals surface area contributed by atoms with Crippen molar-refractivity contribution < 1.29 is 9.18 Å². The molecule has 1 aromatic rings. The predicted molar refractivity (Wildman–Crippen MR) is 114 cm³/mol. The predicted octanol–water partition coefficient (Wildman–Crippen LogP) is 2.16. The van der Waals surface area contributed by atoms with E-state index in [-0.39, 0.29) is 18.1 Å². The van der Waals surface area contributed by atoms with Crippen molar-refractivity contribution in [3.8, 4) is 0 Å². The van der Waals surface area contributed by atoms with Gasteiger partial charge < -0.3 is 16.0 Å². The summed E-state index contributed by atoms with van der Waals surface area (Å²) in [5.41, 5.74) is 0.667. The van der Waals surface area contributed by atoms with E-state index in [1.807, 2.05) is 6.92 Å². The Morgan fingerprint density at radius 3 is 2.39 bits per heavy atom. The third-order valence-electron chi connectivity index (χ3n) is 4.29. The van der Waals surface area contributed by atoms with E-state index in [0.29, 0.717) is 37.3 Å². The Morgan fingerprint density at radius 2 is 1.79 bits per heavy atom. The molecule has 0 saturated heterocycles. The van der Waals surface area contributed by atoms with E-state index in [1.165, 1.54) is 12.1 Å². The van der Waals surface area contributed by atoms with Crippen LogP contribution in [0.2, 0.25) is 0 Å². The normalized spacial score (nSPS) is 12.0. The van der Waals surface area contributed by atoms with Crippen LogP contribution in [0.4, 0.5) is 4.39 Å². The minimum absolute atomic E-state index is 0.126. The standard InChI is InChI=1S/C21H36FN5O/c1-6-23-21(26-12-13-27(16(2)3)17(4)5)25-11-10-24-20(28)15-18-8-7-9-19(22)14-18/h7-9,14,16-17H,6,10-13,15H2,1-5H3,(H,24,28)(H2,23,25,26). The molecule has 0 radical (unpaired) electrons. The van der Waals surface area contributed by atoms with Crippen LogP contribution < -0.4 is 16.0 Å². The molecule has 1 aromatic carbocycles. The number of carbonyl (C=O) groups is 1. The first-order valence-electron chi connectivity index (χ1n) is 10.1. The van der Waals surface area contributed by atoms with Crippen LogP contribution >= 0.6 is 0 Å². The van der Waals surface area contributed by atoms with Crippen LogP contribution in [0.15, 0.2) is 29.3 Å². The second kappa shape index (κ2) is 13.1. The van der Waals surface area contributed by atoms with Gasteiger partial charge in [0.15, 0.2) is 5.96 Å². The lowest BCUT2D eigenvalue weighted by molar-refractivity contribution is -0.120. The molecule has 158 valence electrons. The summed E-state index contributed by atoms with van der Waals surface area (Å²) in [5, 5.41) is 9.28. The lowest BCUT2D eigenvalue weighted by Gasteiger charge is -2.29. The van der Waals surface area contributed by atoms with E-state index in [9.17, 15) is 9.18 Å². The highest BCUT2D eigenvalue weighted by Gasteiger charge is 2.12. The number of carbonyl (C=O) groups excluding carboxylic acids is 1. The van der Waals surface area contributed by atoms with Gasteiger partial charge in [0.1, 0.15) is 5.82 Å². The summed E-state index contributed by atoms with van der Waals surface area (Å²) in [5.74, 6) is 0.292. The van der Waals surface area contributed by atoms with E-state index in [0.717, 1.165) is 19.0 Å². The van der Waals surface area contributed by atoms with Crippen LogP contribution in [0.1, 0.15) is 40.2 Å². The topological polar surface area (TPSA) is 68.8 Å². The van der Waals surface area contributed by atoms with Gasteiger partial charge in [-0.2, -0.15) is 0 Å². The van der Waals surface area contributed by atoms with Crippen LogP contribution in [0.3, 0.4) is 0 Å². The highest BCUT2D eigenvalue weighted by molar-refractivity contribution is 5.80. The number of nitrogens with zero attached hydrogens (tertiary/aromatic N) is 2. The molecular weight excluding hydrogens is 357 g/mol. The van der Waals surface area contributed by atoms with E-state index in [2.05, 4.69) is 53.5 Å². The lowest BCUT2D eigenvalue weighted by Crippen LogP contribution is -2.43. The van der Waals surface area contributed by atoms with E-state index < -0.39 is 0 Å². The third kappa shape index (κ3) is 9.69. The Bertz CT molecular complexity index is 611. The molecule has 1 amide bonds. The van der Waals surface area contributed by atoms with Gasteiger partial charge in [-0.15, -0.1) is 0 Å². The van der Waals surface area contributed by atoms with Crippen LogP contribution in [-0.4, -0.2) is 61.6 Å². The van der Waals surface area contributed by atoms with Crippen LogP contribution in [0.25, 0.3) is 0 Å². The molecule has 0 heterocycles. The number of guanidine groups is 1. The molecule has 0 fully saturated rings. The van der Waals surface area contributed by atoms with Crippen molar-refractivity contribution >= 4 is 11.9 Å². The zero-order chi connectivity index (χ0) is 20.9. The van der Waals surface area contributed by atoms with Crippen molar-refractivity contribution in [1.82, 2.24) is 20.9 Å². The van der Waals surface area contributed by atoms with Gasteiger partial charge in [0, 0.05) is 38.3 Å². The zero-order valence-electron chi connectivity index (χ0n) is 17.9. The molecule has 0 aliphatic rings. The van der Waals surface area contributed by atoms with Gasteiger partial charge in [-0.05, 0) is 52.3 Å². The number of nitrogens with one attached hydrogen (secondary N) is 3. The van der Waals surface area contributed by atoms with Crippen molar-refractivity contribution in [2.75, 3.05) is 32.7 Å². The van der Waals surface area contributed by atoms with Crippen LogP contribution in [-0.2, 0) is 11.2 Å². The number of halogens is 1. The zero-order valence-corrected chi connectivity index (χ0v) is 17.9. The number of rotatable bonds is 11. The van der Waals surface area contributed by atoms with Crippen LogP contribution in [0, 0.1) is 5.82 Å². The Hall–Kier alpha value is -2.15. The van der Waals surface area contributed by atoms with Crippen molar-refractivity contribution in [2.24, 2.45) is 4.99 Å². The summed E-state index contributed by atoms with van der Waals surface area (Å²) in [6.07, 6.45) is 0.173. The van der Waals surface area contributed by atoms with Crippen molar-refractivity contribution in [3.05, 3.63) is 35.6 Å². The molecule has 0 atom stereocenters. The van der Waals surface area contributed by atoms with Crippen molar-refractivity contribution in [1.29, 1.82) is 0 Å². The molecule has 0 aliphatic heterocycles. The lowest BCUT2D eigenvalue weighted by atomic mass is 10.1. The number of hydrogen-bond acceptors (Lipinski definition) is 3. The SMILES string of the molecule is CCNC(=NCCN(C(C)C)C(C)C)NCCNC(=O)Cc1cccc(F)c1. The average molecular weight is 394 g/mol. The molecule has 6 nitrogen and oxygen atoms in total. The molecule has 0 spiro atoms. The van der Waals surface area contributed by atoms with Gasteiger partial charge in [0.2, 0.25) is 5.91 Å². The van der Waals surface area contributed by atoms with Crippen molar-refractivity contribution in [2.45, 2.75) is 53.1 Å². The fourth-order valence-corrected chi connectivity index (χ4v) is 3.01. The molecule has 0 bridgehead atoms. The van der Waals surface area contributed by atoms with Gasteiger partial charge in [-0.1, -0.05) is 12.1 Å². The second-order valence-corrected chi connectivity index (χ2v) is 7.27. The molecule has 0 aliphatic carbocycles. The maximum absolute atomic E-state index is 13.2. The van der Waals surface area contributed by atoms with Gasteiger partial charge in [0.05, 0.1) is 13.0 Å². The number of amides is 1. The Morgan fingerprint density at radius 1 is 1.11 bits per heavy atom. The highest BCUT2D eigenvalue weighted by atomic mass is 19.1. The maximum atomic E-state index is 13.2. The summed E-state index contributed by atoms with van der Waals surface area (Å²) in [6, 6.07) is 7.07. The summed E-state index contributed by atoms with van der Waals surface area (Å²) in [4.78, 5) is 19.0. The third-order valence-corrected chi connectivity index (χ3v) is 4.29. The Labute approximate surface area is 169 Å². The molecule has 1 rings (SSSR count). The second-order valence-electron chi connectivity index (χ2n) is 7.27. The quantitative estimate of drug-likeness (QED) is 0.306. The van der Waals surface area contributed by atoms with E-state index in [1.54, 1.807) is 12.1 Å². The first kappa shape index (κ1) is 23.9. The molecular formula is C21H36FN5O. The minimum atomic E-state index is -0.327. The molecule has 0 saturated carbocycles. The number of aliphatic imine (C=N–C) groups is 1. The number of hydrogen-bond donors (Lipinski definition) is 3. The van der Waals surface area contributed by atoms with E-state index in [4.69, 9.17) is 0 Å². The molecule has 0 unspecified atom stereocenters. The first-order valence-corrected chi connectivity index (χ1v) is 10.1. The highest BCUT2D eigenvalue weighted by Crippen LogP contribution is 2.04. The minimum Gasteiger partial charge on any atom is -0.357 e. The van der Waals surface area contributed by atoms with Crippen molar-refractivity contribution in [3.63, 3.8) is 0 Å². The van der Waals surface area contributed by atoms with Gasteiger partial charge in [-0.3, -0.25) is 14.7 Å². The monoisotopic (exact) mass is 393 g/mol. The molecule has 3 N–H and O–H groups in total. The molecule has 0 aromatic heterocycles. The fraction of sp³-hybridized carbons (Fsp3) is 0.619. The molecule has 7 heteroatoms.